The molecule has 244 valence electrons. The highest BCUT2D eigenvalue weighted by Crippen LogP contribution is 2.70. The van der Waals surface area contributed by atoms with Crippen molar-refractivity contribution < 1.29 is 34.4 Å². The Balaban J connectivity index is 1.15. The molecule has 46 heavy (non-hydrogen) atoms. The van der Waals surface area contributed by atoms with Gasteiger partial charge in [0.2, 0.25) is 0 Å². The van der Waals surface area contributed by atoms with Gasteiger partial charge in [0, 0.05) is 35.7 Å². The molecule has 0 unspecified atom stereocenters. The zero-order valence-corrected chi connectivity index (χ0v) is 25.7. The minimum absolute atomic E-state index is 0.0284. The van der Waals surface area contributed by atoms with Gasteiger partial charge in [-0.3, -0.25) is 9.59 Å². The number of anilines is 1. The van der Waals surface area contributed by atoms with E-state index < -0.39 is 40.0 Å². The van der Waals surface area contributed by atoms with E-state index in [1.807, 2.05) is 0 Å². The number of aromatic nitrogens is 3. The number of amides is 2. The van der Waals surface area contributed by atoms with E-state index in [1.165, 1.54) is 12.5 Å². The van der Waals surface area contributed by atoms with Crippen molar-refractivity contribution in [3.05, 3.63) is 53.8 Å². The van der Waals surface area contributed by atoms with Gasteiger partial charge in [-0.2, -0.15) is 5.10 Å². The number of imidazole rings is 1. The lowest BCUT2D eigenvalue weighted by Gasteiger charge is -2.65. The molecule has 0 bridgehead atoms. The average Bonchev–Trinajstić information content (AvgIpc) is 3.75. The van der Waals surface area contributed by atoms with Gasteiger partial charge in [-0.15, -0.1) is 0 Å². The lowest BCUT2D eigenvalue weighted by molar-refractivity contribution is -0.237. The van der Waals surface area contributed by atoms with Gasteiger partial charge in [-0.05, 0) is 86.8 Å². The molecule has 0 aromatic carbocycles. The maximum absolute atomic E-state index is 13.2. The SMILES string of the molecule is C[C@]12CC[C@H]3[C@@H](CC[C@]4(O)C[C@H](O)CC[C@]34/C=N/NC(=O)c3nc[nH]c3C(=O)Nc3ccccn3)[C@@]1(O)CC[C@H]2C1=CC(=O)OC1. The Hall–Kier alpha value is -3.94. The molecule has 8 atom stereocenters. The maximum atomic E-state index is 13.2. The molecule has 3 heterocycles. The molecule has 2 aromatic rings. The number of cyclic esters (lactones) is 1. The van der Waals surface area contributed by atoms with Crippen LogP contribution in [0.4, 0.5) is 5.82 Å². The van der Waals surface area contributed by atoms with Crippen LogP contribution in [0.3, 0.4) is 0 Å². The van der Waals surface area contributed by atoms with E-state index in [1.54, 1.807) is 30.5 Å². The van der Waals surface area contributed by atoms with Gasteiger partial charge < -0.3 is 30.4 Å². The van der Waals surface area contributed by atoms with Gasteiger partial charge >= 0.3 is 5.97 Å². The molecular formula is C33H40N6O7. The quantitative estimate of drug-likeness (QED) is 0.157. The second-order valence-electron chi connectivity index (χ2n) is 14.0. The Morgan fingerprint density at radius 3 is 2.65 bits per heavy atom. The standard InChI is InChI=1S/C33H40N6O7/c1-30-9-6-22-23(33(30,45)12-8-21(30)19-14-25(41)46-16-19)7-11-32(44)15-20(40)5-10-31(22,32)17-37-39-29(43)27-26(35-18-36-27)28(42)38-24-4-2-3-13-34-24/h2-4,13-14,17-18,20-23,40,44-45H,5-12,15-16H2,1H3,(H,35,36)(H,39,43)(H,34,38,42)/b37-17+/t20-,21+,22+,23-,30-,31+,32+,33+/m1/s1. The first-order chi connectivity index (χ1) is 22.0. The molecule has 1 aliphatic heterocycles. The third-order valence-electron chi connectivity index (χ3n) is 12.1. The molecule has 2 aromatic heterocycles. The number of rotatable bonds is 6. The van der Waals surface area contributed by atoms with Crippen molar-refractivity contribution in [2.24, 2.45) is 33.7 Å². The molecule has 0 radical (unpaired) electrons. The van der Waals surface area contributed by atoms with Gasteiger partial charge in [0.1, 0.15) is 18.1 Å². The molecule has 4 fully saturated rings. The minimum atomic E-state index is -1.28. The Kier molecular flexibility index (Phi) is 7.41. The number of hydrazone groups is 1. The summed E-state index contributed by atoms with van der Waals surface area (Å²) in [4.78, 5) is 48.8. The number of esters is 1. The van der Waals surface area contributed by atoms with Crippen LogP contribution in [0.25, 0.3) is 0 Å². The van der Waals surface area contributed by atoms with Gasteiger partial charge in [0.25, 0.3) is 11.8 Å². The number of hydrogen-bond acceptors (Lipinski definition) is 10. The number of aromatic amines is 1. The Bertz CT molecular complexity index is 1610. The normalized spacial score (nSPS) is 38.3. The summed E-state index contributed by atoms with van der Waals surface area (Å²) in [5.74, 6) is -1.59. The first kappa shape index (κ1) is 30.7. The van der Waals surface area contributed by atoms with Crippen molar-refractivity contribution in [3.63, 3.8) is 0 Å². The molecule has 13 heteroatoms. The monoisotopic (exact) mass is 632 g/mol. The van der Waals surface area contributed by atoms with Gasteiger partial charge in [-0.1, -0.05) is 13.0 Å². The van der Waals surface area contributed by atoms with Crippen LogP contribution in [-0.2, 0) is 9.53 Å². The van der Waals surface area contributed by atoms with Gasteiger partial charge in [0.15, 0.2) is 5.69 Å². The molecule has 4 aliphatic carbocycles. The number of aliphatic hydroxyl groups excluding tert-OH is 1. The molecule has 13 nitrogen and oxygen atoms in total. The zero-order valence-electron chi connectivity index (χ0n) is 25.7. The zero-order chi connectivity index (χ0) is 32.3. The number of hydrogen-bond donors (Lipinski definition) is 6. The van der Waals surface area contributed by atoms with E-state index in [-0.39, 0.29) is 48.1 Å². The molecule has 5 aliphatic rings. The van der Waals surface area contributed by atoms with E-state index in [0.717, 1.165) is 12.0 Å². The fraction of sp³-hybridized carbons (Fsp3) is 0.576. The van der Waals surface area contributed by atoms with Crippen molar-refractivity contribution in [1.82, 2.24) is 20.4 Å². The minimum Gasteiger partial charge on any atom is -0.458 e. The smallest absolute Gasteiger partial charge is 0.331 e. The highest BCUT2D eigenvalue weighted by Gasteiger charge is 2.71. The van der Waals surface area contributed by atoms with Crippen LogP contribution in [0.15, 0.2) is 47.5 Å². The number of aliphatic hydroxyl groups is 3. The number of nitrogens with zero attached hydrogens (tertiary/aromatic N) is 3. The molecule has 4 saturated carbocycles. The third-order valence-corrected chi connectivity index (χ3v) is 12.1. The molecule has 0 saturated heterocycles. The van der Waals surface area contributed by atoms with E-state index in [2.05, 4.69) is 37.7 Å². The van der Waals surface area contributed by atoms with E-state index >= 15 is 0 Å². The van der Waals surface area contributed by atoms with Crippen LogP contribution < -0.4 is 10.7 Å². The second-order valence-corrected chi connectivity index (χ2v) is 14.0. The lowest BCUT2D eigenvalue weighted by atomic mass is 9.41. The number of H-pyrrole nitrogens is 1. The highest BCUT2D eigenvalue weighted by atomic mass is 16.5. The fourth-order valence-corrected chi connectivity index (χ4v) is 9.87. The van der Waals surface area contributed by atoms with Crippen LogP contribution in [0.5, 0.6) is 0 Å². The second kappa shape index (κ2) is 11.1. The Morgan fingerprint density at radius 1 is 1.07 bits per heavy atom. The Labute approximate surface area is 265 Å². The fourth-order valence-electron chi connectivity index (χ4n) is 9.87. The maximum Gasteiger partial charge on any atom is 0.331 e. The van der Waals surface area contributed by atoms with Crippen LogP contribution in [0.1, 0.15) is 85.7 Å². The Morgan fingerprint density at radius 2 is 1.89 bits per heavy atom. The predicted octanol–water partition coefficient (Wildman–Crippen LogP) is 2.49. The van der Waals surface area contributed by atoms with E-state index in [4.69, 9.17) is 4.74 Å². The summed E-state index contributed by atoms with van der Waals surface area (Å²) in [6.45, 7) is 2.39. The van der Waals surface area contributed by atoms with Crippen LogP contribution in [0.2, 0.25) is 0 Å². The summed E-state index contributed by atoms with van der Waals surface area (Å²) in [6, 6.07) is 5.06. The predicted molar refractivity (Wildman–Crippen MR) is 164 cm³/mol. The molecule has 2 amide bonds. The topological polar surface area (TPSA) is 199 Å². The summed E-state index contributed by atoms with van der Waals surface area (Å²) >= 11 is 0. The lowest BCUT2D eigenvalue weighted by Crippen LogP contribution is -2.68. The van der Waals surface area contributed by atoms with E-state index in [9.17, 15) is 29.7 Å². The van der Waals surface area contributed by atoms with Crippen LogP contribution >= 0.6 is 0 Å². The summed E-state index contributed by atoms with van der Waals surface area (Å²) in [5, 5.41) is 42.4. The first-order valence-corrected chi connectivity index (χ1v) is 16.1. The van der Waals surface area contributed by atoms with Crippen molar-refractivity contribution in [2.45, 2.75) is 82.0 Å². The van der Waals surface area contributed by atoms with Crippen LogP contribution in [-0.4, -0.2) is 78.2 Å². The molecule has 7 rings (SSSR count). The number of nitrogens with one attached hydrogen (secondary N) is 3. The third kappa shape index (κ3) is 4.62. The van der Waals surface area contributed by atoms with Gasteiger partial charge in [-0.25, -0.2) is 20.2 Å². The average molecular weight is 633 g/mol. The number of carbonyl (C=O) groups excluding carboxylic acids is 3. The molecule has 0 spiro atoms. The van der Waals surface area contributed by atoms with Crippen molar-refractivity contribution in [3.8, 4) is 0 Å². The number of fused-ring (bicyclic) bond motifs is 5. The first-order valence-electron chi connectivity index (χ1n) is 16.1. The number of pyridine rings is 1. The molecular weight excluding hydrogens is 592 g/mol. The van der Waals surface area contributed by atoms with Gasteiger partial charge in [0.05, 0.1) is 23.6 Å². The van der Waals surface area contributed by atoms with E-state index in [0.29, 0.717) is 50.8 Å². The highest BCUT2D eigenvalue weighted by molar-refractivity contribution is 6.09. The summed E-state index contributed by atoms with van der Waals surface area (Å²) in [7, 11) is 0. The largest absolute Gasteiger partial charge is 0.458 e. The summed E-state index contributed by atoms with van der Waals surface area (Å²) < 4.78 is 5.24. The summed E-state index contributed by atoms with van der Waals surface area (Å²) in [5.41, 5.74) is -0.423. The summed E-state index contributed by atoms with van der Waals surface area (Å²) in [6.07, 6.45) is 10.1. The van der Waals surface area contributed by atoms with Crippen molar-refractivity contribution >= 4 is 29.8 Å². The molecule has 6 N–H and O–H groups in total. The van der Waals surface area contributed by atoms with Crippen molar-refractivity contribution in [1.29, 1.82) is 0 Å². The van der Waals surface area contributed by atoms with Crippen LogP contribution in [0, 0.1) is 28.6 Å². The van der Waals surface area contributed by atoms with Crippen molar-refractivity contribution in [2.75, 3.05) is 11.9 Å². The number of carbonyl (C=O) groups is 3. The number of ether oxygens (including phenoxy) is 1.